The van der Waals surface area contributed by atoms with Gasteiger partial charge in [0.25, 0.3) is 0 Å². The van der Waals surface area contributed by atoms with Crippen molar-refractivity contribution in [3.05, 3.63) is 65.6 Å². The van der Waals surface area contributed by atoms with Crippen molar-refractivity contribution in [2.24, 2.45) is 0 Å². The molecule has 27 heavy (non-hydrogen) atoms. The molecule has 1 aliphatic rings. The lowest BCUT2D eigenvalue weighted by molar-refractivity contribution is -0.137. The Morgan fingerprint density at radius 2 is 2.11 bits per heavy atom. The Balaban J connectivity index is 1.57. The second kappa shape index (κ2) is 7.03. The lowest BCUT2D eigenvalue weighted by atomic mass is 10.0. The number of aromatic nitrogens is 3. The van der Waals surface area contributed by atoms with Gasteiger partial charge in [-0.15, -0.1) is 0 Å². The monoisotopic (exact) mass is 373 g/mol. The van der Waals surface area contributed by atoms with Crippen LogP contribution in [0.3, 0.4) is 0 Å². The van der Waals surface area contributed by atoms with Gasteiger partial charge < -0.3 is 10.6 Å². The zero-order chi connectivity index (χ0) is 18.9. The normalized spacial score (nSPS) is 15.0. The minimum Gasteiger partial charge on any atom is -0.364 e. The molecule has 3 aromatic rings. The quantitative estimate of drug-likeness (QED) is 0.732. The van der Waals surface area contributed by atoms with E-state index in [9.17, 15) is 13.2 Å². The second-order valence-electron chi connectivity index (χ2n) is 6.40. The zero-order valence-corrected chi connectivity index (χ0v) is 14.4. The fourth-order valence-electron chi connectivity index (χ4n) is 3.17. The van der Waals surface area contributed by atoms with Gasteiger partial charge in [-0.05, 0) is 47.9 Å². The summed E-state index contributed by atoms with van der Waals surface area (Å²) in [7, 11) is 0. The van der Waals surface area contributed by atoms with Gasteiger partial charge in [0.2, 0.25) is 0 Å². The number of rotatable bonds is 4. The van der Waals surface area contributed by atoms with Crippen LogP contribution in [0.25, 0.3) is 11.1 Å². The summed E-state index contributed by atoms with van der Waals surface area (Å²) in [6.07, 6.45) is 2.13. The van der Waals surface area contributed by atoms with E-state index < -0.39 is 11.7 Å². The first-order valence-corrected chi connectivity index (χ1v) is 8.64. The summed E-state index contributed by atoms with van der Waals surface area (Å²) in [5.41, 5.74) is 3.01. The van der Waals surface area contributed by atoms with Crippen molar-refractivity contribution in [2.75, 3.05) is 18.4 Å². The van der Waals surface area contributed by atoms with Gasteiger partial charge in [0.15, 0.2) is 5.82 Å². The van der Waals surface area contributed by atoms with Crippen LogP contribution in [0.15, 0.2) is 48.9 Å². The summed E-state index contributed by atoms with van der Waals surface area (Å²) in [4.78, 5) is 4.25. The van der Waals surface area contributed by atoms with Crippen LogP contribution >= 0.6 is 0 Å². The van der Waals surface area contributed by atoms with Crippen LogP contribution in [-0.2, 0) is 12.7 Å². The molecule has 0 saturated heterocycles. The molecule has 0 unspecified atom stereocenters. The van der Waals surface area contributed by atoms with Gasteiger partial charge in [-0.1, -0.05) is 18.2 Å². The maximum Gasteiger partial charge on any atom is 0.416 e. The molecule has 0 saturated carbocycles. The fourth-order valence-corrected chi connectivity index (χ4v) is 3.17. The number of nitrogens with one attached hydrogen (secondary N) is 2. The molecular formula is C19H18F3N5. The Hall–Kier alpha value is -2.87. The van der Waals surface area contributed by atoms with E-state index in [0.29, 0.717) is 11.4 Å². The molecule has 140 valence electrons. The number of benzene rings is 1. The van der Waals surface area contributed by atoms with Gasteiger partial charge in [0.1, 0.15) is 11.8 Å². The minimum absolute atomic E-state index is 0.240. The largest absolute Gasteiger partial charge is 0.416 e. The van der Waals surface area contributed by atoms with Crippen molar-refractivity contribution < 1.29 is 13.2 Å². The molecule has 5 nitrogen and oxygen atoms in total. The molecule has 1 aromatic carbocycles. The van der Waals surface area contributed by atoms with Crippen molar-refractivity contribution in [1.82, 2.24) is 19.9 Å². The molecule has 0 radical (unpaired) electrons. The van der Waals surface area contributed by atoms with Crippen LogP contribution in [0.1, 0.15) is 23.1 Å². The summed E-state index contributed by atoms with van der Waals surface area (Å²) in [6, 6.07) is 7.29. The summed E-state index contributed by atoms with van der Waals surface area (Å²) < 4.78 is 40.3. The Kier molecular flexibility index (Phi) is 4.57. The third kappa shape index (κ3) is 3.80. The van der Waals surface area contributed by atoms with Gasteiger partial charge in [-0.2, -0.15) is 18.3 Å². The van der Waals surface area contributed by atoms with Gasteiger partial charge >= 0.3 is 6.18 Å². The zero-order valence-electron chi connectivity index (χ0n) is 14.4. The number of fused-ring (bicyclic) bond motifs is 1. The predicted octanol–water partition coefficient (Wildman–Crippen LogP) is 3.74. The molecular weight excluding hydrogens is 355 g/mol. The Morgan fingerprint density at radius 3 is 2.89 bits per heavy atom. The Labute approximate surface area is 153 Å². The molecule has 4 rings (SSSR count). The molecule has 1 aliphatic heterocycles. The average molecular weight is 373 g/mol. The van der Waals surface area contributed by atoms with E-state index in [2.05, 4.69) is 26.8 Å². The number of halogens is 3. The molecule has 0 spiro atoms. The van der Waals surface area contributed by atoms with Gasteiger partial charge in [-0.3, -0.25) is 0 Å². The number of alkyl halides is 3. The molecule has 0 aliphatic carbocycles. The number of hydrogen-bond donors (Lipinski definition) is 2. The summed E-state index contributed by atoms with van der Waals surface area (Å²) in [5.74, 6) is 0.586. The molecule has 0 bridgehead atoms. The van der Waals surface area contributed by atoms with Gasteiger partial charge in [0.05, 0.1) is 5.56 Å². The first-order valence-electron chi connectivity index (χ1n) is 8.64. The standard InChI is InChI=1S/C19H18F3N5/c20-19(21,22)16-3-1-2-13(8-16)10-24-18-17-9-15(11-27(17)26-12-25-18)14-4-6-23-7-5-14/h1-4,8-9,11-12,23H,5-7,10H2,(H,24,25,26). The highest BCUT2D eigenvalue weighted by molar-refractivity contribution is 5.76. The number of nitrogens with zero attached hydrogens (tertiary/aromatic N) is 3. The number of hydrogen-bond acceptors (Lipinski definition) is 4. The SMILES string of the molecule is FC(F)(F)c1cccc(CNc2ncnn3cc(C4=CCNCC4)cc23)c1. The third-order valence-corrected chi connectivity index (χ3v) is 4.55. The van der Waals surface area contributed by atoms with E-state index in [0.717, 1.165) is 42.7 Å². The average Bonchev–Trinajstić information content (AvgIpc) is 3.11. The van der Waals surface area contributed by atoms with Crippen LogP contribution in [0, 0.1) is 0 Å². The van der Waals surface area contributed by atoms with E-state index in [1.54, 1.807) is 10.6 Å². The van der Waals surface area contributed by atoms with Gasteiger partial charge in [0, 0.05) is 19.3 Å². The molecule has 2 N–H and O–H groups in total. The van der Waals surface area contributed by atoms with Crippen LogP contribution in [0.5, 0.6) is 0 Å². The molecule has 3 heterocycles. The van der Waals surface area contributed by atoms with Crippen LogP contribution in [-0.4, -0.2) is 27.7 Å². The lowest BCUT2D eigenvalue weighted by Crippen LogP contribution is -2.19. The van der Waals surface area contributed by atoms with E-state index >= 15 is 0 Å². The highest BCUT2D eigenvalue weighted by Gasteiger charge is 2.30. The predicted molar refractivity (Wildman–Crippen MR) is 97.2 cm³/mol. The van der Waals surface area contributed by atoms with Crippen molar-refractivity contribution in [1.29, 1.82) is 0 Å². The summed E-state index contributed by atoms with van der Waals surface area (Å²) in [6.45, 7) is 2.02. The maximum absolute atomic E-state index is 12.9. The van der Waals surface area contributed by atoms with Crippen molar-refractivity contribution in [3.63, 3.8) is 0 Å². The topological polar surface area (TPSA) is 54.2 Å². The van der Waals surface area contributed by atoms with Gasteiger partial charge in [-0.25, -0.2) is 9.50 Å². The maximum atomic E-state index is 12.9. The smallest absolute Gasteiger partial charge is 0.364 e. The molecule has 2 aromatic heterocycles. The second-order valence-corrected chi connectivity index (χ2v) is 6.40. The van der Waals surface area contributed by atoms with E-state index in [1.165, 1.54) is 18.0 Å². The third-order valence-electron chi connectivity index (χ3n) is 4.55. The summed E-state index contributed by atoms with van der Waals surface area (Å²) in [5, 5.41) is 10.6. The molecule has 8 heteroatoms. The fraction of sp³-hybridized carbons (Fsp3) is 0.263. The minimum atomic E-state index is -4.35. The Bertz CT molecular complexity index is 990. The number of anilines is 1. The van der Waals surface area contributed by atoms with Crippen molar-refractivity contribution in [2.45, 2.75) is 19.1 Å². The molecule has 0 fully saturated rings. The highest BCUT2D eigenvalue weighted by atomic mass is 19.4. The summed E-state index contributed by atoms with van der Waals surface area (Å²) >= 11 is 0. The van der Waals surface area contributed by atoms with Crippen LogP contribution < -0.4 is 10.6 Å². The van der Waals surface area contributed by atoms with E-state index in [1.807, 2.05) is 12.3 Å². The van der Waals surface area contributed by atoms with Crippen molar-refractivity contribution in [3.8, 4) is 0 Å². The Morgan fingerprint density at radius 1 is 1.22 bits per heavy atom. The molecule has 0 amide bonds. The van der Waals surface area contributed by atoms with Crippen LogP contribution in [0.2, 0.25) is 0 Å². The highest BCUT2D eigenvalue weighted by Crippen LogP contribution is 2.30. The molecule has 0 atom stereocenters. The lowest BCUT2D eigenvalue weighted by Gasteiger charge is -2.12. The van der Waals surface area contributed by atoms with E-state index in [-0.39, 0.29) is 6.54 Å². The van der Waals surface area contributed by atoms with Crippen molar-refractivity contribution >= 4 is 16.9 Å². The van der Waals surface area contributed by atoms with Crippen LogP contribution in [0.4, 0.5) is 19.0 Å². The first kappa shape index (κ1) is 17.5. The van der Waals surface area contributed by atoms with E-state index in [4.69, 9.17) is 0 Å². The first-order chi connectivity index (χ1) is 13.0.